The molecule has 2 heterocycles. The molecule has 0 spiro atoms. The second kappa shape index (κ2) is 5.75. The summed E-state index contributed by atoms with van der Waals surface area (Å²) in [5.41, 5.74) is 1.93. The molecule has 0 unspecified atom stereocenters. The molecule has 1 aromatic heterocycles. The van der Waals surface area contributed by atoms with E-state index in [1.165, 1.54) is 6.33 Å². The topological polar surface area (TPSA) is 68.0 Å². The Balaban J connectivity index is 1.78. The van der Waals surface area contributed by atoms with Crippen LogP contribution in [0.4, 0.5) is 0 Å². The van der Waals surface area contributed by atoms with E-state index in [4.69, 9.17) is 9.47 Å². The molecular weight excluding hydrogens is 314 g/mol. The van der Waals surface area contributed by atoms with E-state index in [0.29, 0.717) is 17.9 Å². The Labute approximate surface area is 145 Å². The fourth-order valence-electron chi connectivity index (χ4n) is 3.17. The zero-order chi connectivity index (χ0) is 17.4. The third-order valence-electron chi connectivity index (χ3n) is 4.31. The summed E-state index contributed by atoms with van der Waals surface area (Å²) in [5, 5.41) is 10.1. The van der Waals surface area contributed by atoms with Gasteiger partial charge in [0.25, 0.3) is 0 Å². The van der Waals surface area contributed by atoms with Gasteiger partial charge in [-0.3, -0.25) is 0 Å². The number of nitriles is 1. The van der Waals surface area contributed by atoms with Crippen molar-refractivity contribution in [1.82, 2.24) is 9.97 Å². The molecule has 124 valence electrons. The Morgan fingerprint density at radius 2 is 2.04 bits per heavy atom. The largest absolute Gasteiger partial charge is 0.487 e. The van der Waals surface area contributed by atoms with Gasteiger partial charge in [-0.1, -0.05) is 12.1 Å². The summed E-state index contributed by atoms with van der Waals surface area (Å²) in [4.78, 5) is 8.60. The van der Waals surface area contributed by atoms with Gasteiger partial charge in [0.1, 0.15) is 23.8 Å². The second-order valence-corrected chi connectivity index (χ2v) is 6.73. The van der Waals surface area contributed by atoms with Gasteiger partial charge in [0, 0.05) is 12.0 Å². The number of para-hydroxylation sites is 1. The van der Waals surface area contributed by atoms with E-state index in [1.807, 2.05) is 50.2 Å². The molecule has 0 radical (unpaired) electrons. The summed E-state index contributed by atoms with van der Waals surface area (Å²) in [6.45, 7) is 4.06. The highest BCUT2D eigenvalue weighted by Crippen LogP contribution is 2.42. The highest BCUT2D eigenvalue weighted by molar-refractivity contribution is 5.83. The third kappa shape index (κ3) is 2.87. The standard InChI is InChI=1S/C20H17N3O2/c1-20(2)10-18(15-9-13(11-21)7-8-17(15)25-20)24-19-14-5-3-4-6-16(14)22-12-23-19/h3-9,12,18H,10H2,1-2H3/t18-/m0/s1. The minimum atomic E-state index is -0.366. The molecule has 5 nitrogen and oxygen atoms in total. The normalized spacial score (nSPS) is 18.0. The van der Waals surface area contributed by atoms with Gasteiger partial charge >= 0.3 is 0 Å². The number of benzene rings is 2. The van der Waals surface area contributed by atoms with Crippen molar-refractivity contribution in [2.75, 3.05) is 0 Å². The van der Waals surface area contributed by atoms with Crippen molar-refractivity contribution in [3.05, 3.63) is 59.9 Å². The van der Waals surface area contributed by atoms with E-state index >= 15 is 0 Å². The minimum Gasteiger partial charge on any atom is -0.487 e. The van der Waals surface area contributed by atoms with Crippen molar-refractivity contribution in [3.8, 4) is 17.7 Å². The highest BCUT2D eigenvalue weighted by atomic mass is 16.5. The molecule has 0 N–H and O–H groups in total. The first-order valence-electron chi connectivity index (χ1n) is 8.15. The maximum atomic E-state index is 9.21. The van der Waals surface area contributed by atoms with Crippen LogP contribution in [0.5, 0.6) is 11.6 Å². The van der Waals surface area contributed by atoms with Crippen LogP contribution in [0.1, 0.15) is 37.5 Å². The van der Waals surface area contributed by atoms with Gasteiger partial charge in [-0.2, -0.15) is 5.26 Å². The number of hydrogen-bond acceptors (Lipinski definition) is 5. The number of rotatable bonds is 2. The Hall–Kier alpha value is -3.13. The minimum absolute atomic E-state index is 0.245. The summed E-state index contributed by atoms with van der Waals surface area (Å²) in [7, 11) is 0. The Morgan fingerprint density at radius 3 is 2.88 bits per heavy atom. The van der Waals surface area contributed by atoms with E-state index in [2.05, 4.69) is 16.0 Å². The van der Waals surface area contributed by atoms with Gasteiger partial charge in [0.15, 0.2) is 0 Å². The molecule has 0 bridgehead atoms. The Morgan fingerprint density at radius 1 is 1.20 bits per heavy atom. The van der Waals surface area contributed by atoms with Gasteiger partial charge in [0.2, 0.25) is 5.88 Å². The van der Waals surface area contributed by atoms with E-state index < -0.39 is 0 Å². The molecular formula is C20H17N3O2. The summed E-state index contributed by atoms with van der Waals surface area (Å²) in [5.74, 6) is 1.29. The fourth-order valence-corrected chi connectivity index (χ4v) is 3.17. The average molecular weight is 331 g/mol. The first-order valence-corrected chi connectivity index (χ1v) is 8.15. The first kappa shape index (κ1) is 15.4. The lowest BCUT2D eigenvalue weighted by molar-refractivity contribution is 0.0209. The SMILES string of the molecule is CC1(C)C[C@H](Oc2ncnc3ccccc23)c2cc(C#N)ccc2O1. The smallest absolute Gasteiger partial charge is 0.225 e. The molecule has 1 atom stereocenters. The van der Waals surface area contributed by atoms with Crippen molar-refractivity contribution in [3.63, 3.8) is 0 Å². The van der Waals surface area contributed by atoms with Crippen molar-refractivity contribution in [2.45, 2.75) is 32.0 Å². The zero-order valence-corrected chi connectivity index (χ0v) is 14.1. The zero-order valence-electron chi connectivity index (χ0n) is 14.1. The molecule has 5 heteroatoms. The van der Waals surface area contributed by atoms with Crippen molar-refractivity contribution < 1.29 is 9.47 Å². The summed E-state index contributed by atoms with van der Waals surface area (Å²) >= 11 is 0. The highest BCUT2D eigenvalue weighted by Gasteiger charge is 2.35. The summed E-state index contributed by atoms with van der Waals surface area (Å²) in [6, 6.07) is 15.4. The average Bonchev–Trinajstić information content (AvgIpc) is 2.61. The molecule has 0 saturated heterocycles. The molecule has 0 aliphatic carbocycles. The maximum Gasteiger partial charge on any atom is 0.225 e. The summed E-state index contributed by atoms with van der Waals surface area (Å²) in [6.07, 6.45) is 1.92. The monoisotopic (exact) mass is 331 g/mol. The number of ether oxygens (including phenoxy) is 2. The van der Waals surface area contributed by atoms with Crippen LogP contribution in [-0.4, -0.2) is 15.6 Å². The molecule has 0 fully saturated rings. The lowest BCUT2D eigenvalue weighted by Crippen LogP contribution is -2.36. The van der Waals surface area contributed by atoms with Crippen molar-refractivity contribution in [2.24, 2.45) is 0 Å². The second-order valence-electron chi connectivity index (χ2n) is 6.73. The van der Waals surface area contributed by atoms with E-state index in [0.717, 1.165) is 22.2 Å². The van der Waals surface area contributed by atoms with Crippen LogP contribution in [0.25, 0.3) is 10.9 Å². The Kier molecular flexibility index (Phi) is 3.54. The summed E-state index contributed by atoms with van der Waals surface area (Å²) < 4.78 is 12.3. The molecule has 0 saturated carbocycles. The number of nitrogens with zero attached hydrogens (tertiary/aromatic N) is 3. The molecule has 1 aliphatic heterocycles. The van der Waals surface area contributed by atoms with Gasteiger partial charge in [-0.15, -0.1) is 0 Å². The van der Waals surface area contributed by atoms with Gasteiger partial charge in [-0.05, 0) is 44.2 Å². The molecule has 0 amide bonds. The Bertz CT molecular complexity index is 986. The van der Waals surface area contributed by atoms with E-state index in [-0.39, 0.29) is 11.7 Å². The molecule has 2 aromatic carbocycles. The van der Waals surface area contributed by atoms with Gasteiger partial charge < -0.3 is 9.47 Å². The number of aromatic nitrogens is 2. The van der Waals surface area contributed by atoms with E-state index in [9.17, 15) is 5.26 Å². The van der Waals surface area contributed by atoms with E-state index in [1.54, 1.807) is 6.07 Å². The predicted molar refractivity (Wildman–Crippen MR) is 93.4 cm³/mol. The first-order chi connectivity index (χ1) is 12.1. The van der Waals surface area contributed by atoms with Crippen LogP contribution < -0.4 is 9.47 Å². The van der Waals surface area contributed by atoms with Gasteiger partial charge in [-0.25, -0.2) is 9.97 Å². The maximum absolute atomic E-state index is 9.21. The van der Waals surface area contributed by atoms with Crippen LogP contribution >= 0.6 is 0 Å². The fraction of sp³-hybridized carbons (Fsp3) is 0.250. The van der Waals surface area contributed by atoms with Crippen LogP contribution in [-0.2, 0) is 0 Å². The van der Waals surface area contributed by atoms with Crippen LogP contribution in [0.2, 0.25) is 0 Å². The molecule has 3 aromatic rings. The molecule has 4 rings (SSSR count). The van der Waals surface area contributed by atoms with Crippen molar-refractivity contribution in [1.29, 1.82) is 5.26 Å². The van der Waals surface area contributed by atoms with Gasteiger partial charge in [0.05, 0.1) is 22.5 Å². The van der Waals surface area contributed by atoms with Crippen LogP contribution in [0, 0.1) is 11.3 Å². The molecule has 25 heavy (non-hydrogen) atoms. The number of fused-ring (bicyclic) bond motifs is 2. The predicted octanol–water partition coefficient (Wildman–Crippen LogP) is 4.18. The molecule has 1 aliphatic rings. The van der Waals surface area contributed by atoms with Crippen molar-refractivity contribution >= 4 is 10.9 Å². The number of hydrogen-bond donors (Lipinski definition) is 0. The van der Waals surface area contributed by atoms with Crippen LogP contribution in [0.3, 0.4) is 0 Å². The lowest BCUT2D eigenvalue weighted by Gasteiger charge is -2.37. The van der Waals surface area contributed by atoms with Crippen LogP contribution in [0.15, 0.2) is 48.8 Å². The quantitative estimate of drug-likeness (QED) is 0.704. The third-order valence-corrected chi connectivity index (χ3v) is 4.31. The lowest BCUT2D eigenvalue weighted by atomic mass is 9.90.